The molecule has 0 aliphatic rings. The van der Waals surface area contributed by atoms with Gasteiger partial charge < -0.3 is 5.32 Å². The summed E-state index contributed by atoms with van der Waals surface area (Å²) >= 11 is 15.4. The highest BCUT2D eigenvalue weighted by Gasteiger charge is 2.18. The molecule has 10 heteroatoms. The number of amides is 1. The molecule has 0 radical (unpaired) electrons. The summed E-state index contributed by atoms with van der Waals surface area (Å²) in [5.41, 5.74) is 1.55. The van der Waals surface area contributed by atoms with Crippen LogP contribution in [0.4, 0.5) is 4.39 Å². The number of carbonyl (C=O) groups is 1. The van der Waals surface area contributed by atoms with Crippen molar-refractivity contribution in [2.45, 2.75) is 17.5 Å². The van der Waals surface area contributed by atoms with Crippen LogP contribution in [0.15, 0.2) is 65.1 Å². The van der Waals surface area contributed by atoms with Gasteiger partial charge in [-0.3, -0.25) is 9.36 Å². The van der Waals surface area contributed by atoms with Crippen molar-refractivity contribution in [1.29, 1.82) is 0 Å². The molecule has 2 aromatic heterocycles. The van der Waals surface area contributed by atoms with Gasteiger partial charge in [-0.25, -0.2) is 4.39 Å². The monoisotopic (exact) mass is 492 g/mol. The van der Waals surface area contributed by atoms with Gasteiger partial charge in [-0.2, -0.15) is 0 Å². The van der Waals surface area contributed by atoms with Crippen molar-refractivity contribution in [2.75, 3.05) is 0 Å². The van der Waals surface area contributed by atoms with E-state index in [4.69, 9.17) is 23.2 Å². The predicted octanol–water partition coefficient (Wildman–Crippen LogP) is 6.00. The van der Waals surface area contributed by atoms with Crippen LogP contribution in [0.1, 0.15) is 21.1 Å². The number of hydrogen-bond donors (Lipinski definition) is 1. The third-order valence-corrected chi connectivity index (χ3v) is 6.71. The van der Waals surface area contributed by atoms with E-state index in [0.717, 1.165) is 5.56 Å². The Morgan fingerprint density at radius 2 is 1.94 bits per heavy atom. The maximum atomic E-state index is 13.2. The van der Waals surface area contributed by atoms with Crippen LogP contribution in [0, 0.1) is 5.82 Å². The lowest BCUT2D eigenvalue weighted by atomic mass is 10.2. The second kappa shape index (κ2) is 9.82. The highest BCUT2D eigenvalue weighted by Crippen LogP contribution is 2.31. The molecule has 0 fully saturated rings. The smallest absolute Gasteiger partial charge is 0.261 e. The van der Waals surface area contributed by atoms with Crippen LogP contribution >= 0.6 is 46.3 Å². The molecule has 158 valence electrons. The molecular weight excluding hydrogens is 478 g/mol. The number of rotatable bonds is 7. The SMILES string of the molecule is O=C(NCc1nnc(SCc2ccc(F)cc2)n1-c1cc(Cl)ccc1Cl)c1cccs1. The average Bonchev–Trinajstić information content (AvgIpc) is 3.44. The number of halogens is 3. The second-order valence-electron chi connectivity index (χ2n) is 6.41. The number of benzene rings is 2. The quantitative estimate of drug-likeness (QED) is 0.321. The Morgan fingerprint density at radius 3 is 2.68 bits per heavy atom. The largest absolute Gasteiger partial charge is 0.344 e. The minimum absolute atomic E-state index is 0.156. The molecule has 0 atom stereocenters. The summed E-state index contributed by atoms with van der Waals surface area (Å²) in [6.07, 6.45) is 0. The Kier molecular flexibility index (Phi) is 6.92. The first kappa shape index (κ1) is 21.8. The van der Waals surface area contributed by atoms with Gasteiger partial charge in [-0.1, -0.05) is 53.2 Å². The summed E-state index contributed by atoms with van der Waals surface area (Å²) in [5.74, 6) is 0.586. The molecule has 1 amide bonds. The average molecular weight is 493 g/mol. The van der Waals surface area contributed by atoms with Gasteiger partial charge >= 0.3 is 0 Å². The fraction of sp³-hybridized carbons (Fsp3) is 0.0952. The summed E-state index contributed by atoms with van der Waals surface area (Å²) < 4.78 is 15.0. The summed E-state index contributed by atoms with van der Waals surface area (Å²) in [4.78, 5) is 13.0. The van der Waals surface area contributed by atoms with Gasteiger partial charge in [0.2, 0.25) is 0 Å². The molecule has 2 aromatic carbocycles. The van der Waals surface area contributed by atoms with E-state index >= 15 is 0 Å². The van der Waals surface area contributed by atoms with Gasteiger partial charge in [0.05, 0.1) is 22.1 Å². The topological polar surface area (TPSA) is 59.8 Å². The van der Waals surface area contributed by atoms with Crippen molar-refractivity contribution in [2.24, 2.45) is 0 Å². The third kappa shape index (κ3) is 5.27. The van der Waals surface area contributed by atoms with E-state index in [1.54, 1.807) is 41.0 Å². The van der Waals surface area contributed by atoms with Crippen LogP contribution in [0.25, 0.3) is 5.69 Å². The van der Waals surface area contributed by atoms with Gasteiger partial charge in [0.15, 0.2) is 11.0 Å². The van der Waals surface area contributed by atoms with Crippen LogP contribution in [-0.2, 0) is 12.3 Å². The van der Waals surface area contributed by atoms with E-state index in [1.165, 1.54) is 35.2 Å². The molecule has 0 saturated carbocycles. The fourth-order valence-corrected chi connectivity index (χ4v) is 4.72. The molecule has 0 bridgehead atoms. The third-order valence-electron chi connectivity index (χ3n) is 4.28. The zero-order valence-corrected chi connectivity index (χ0v) is 19.0. The van der Waals surface area contributed by atoms with E-state index in [2.05, 4.69) is 15.5 Å². The molecule has 0 unspecified atom stereocenters. The van der Waals surface area contributed by atoms with E-state index in [-0.39, 0.29) is 18.3 Å². The zero-order valence-electron chi connectivity index (χ0n) is 15.9. The summed E-state index contributed by atoms with van der Waals surface area (Å²) in [7, 11) is 0. The molecule has 31 heavy (non-hydrogen) atoms. The van der Waals surface area contributed by atoms with Gasteiger partial charge in [0, 0.05) is 10.8 Å². The first-order valence-corrected chi connectivity index (χ1v) is 11.7. The highest BCUT2D eigenvalue weighted by molar-refractivity contribution is 7.98. The standard InChI is InChI=1S/C21H15Cl2FN4OS2/c22-14-5-8-16(23)17(10-14)28-19(11-25-20(29)18-2-1-9-30-18)26-27-21(28)31-12-13-3-6-15(24)7-4-13/h1-10H,11-12H2,(H,25,29). The molecular formula is C21H15Cl2FN4OS2. The number of nitrogens with zero attached hydrogens (tertiary/aromatic N) is 3. The van der Waals surface area contributed by atoms with Crippen molar-refractivity contribution in [3.8, 4) is 5.69 Å². The molecule has 5 nitrogen and oxygen atoms in total. The first-order chi connectivity index (χ1) is 15.0. The Morgan fingerprint density at radius 1 is 1.13 bits per heavy atom. The van der Waals surface area contributed by atoms with Crippen LogP contribution in [0.2, 0.25) is 10.0 Å². The molecule has 0 saturated heterocycles. The molecule has 4 rings (SSSR count). The number of thiophene rings is 1. The zero-order chi connectivity index (χ0) is 21.8. The highest BCUT2D eigenvalue weighted by atomic mass is 35.5. The number of aromatic nitrogens is 3. The van der Waals surface area contributed by atoms with E-state index in [0.29, 0.717) is 37.3 Å². The molecule has 4 aromatic rings. The maximum Gasteiger partial charge on any atom is 0.261 e. The lowest BCUT2D eigenvalue weighted by Crippen LogP contribution is -2.24. The summed E-state index contributed by atoms with van der Waals surface area (Å²) in [6, 6.07) is 15.0. The molecule has 1 N–H and O–H groups in total. The summed E-state index contributed by atoms with van der Waals surface area (Å²) in [5, 5.41) is 14.8. The number of thioether (sulfide) groups is 1. The van der Waals surface area contributed by atoms with Crippen molar-refractivity contribution >= 4 is 52.2 Å². The van der Waals surface area contributed by atoms with Crippen LogP contribution < -0.4 is 5.32 Å². The van der Waals surface area contributed by atoms with Gasteiger partial charge in [0.25, 0.3) is 5.91 Å². The number of nitrogens with one attached hydrogen (secondary N) is 1. The lowest BCUT2D eigenvalue weighted by Gasteiger charge is -2.13. The normalized spacial score (nSPS) is 10.9. The number of carbonyl (C=O) groups excluding carboxylic acids is 1. The molecule has 0 spiro atoms. The molecule has 0 aliphatic carbocycles. The van der Waals surface area contributed by atoms with Crippen LogP contribution in [0.5, 0.6) is 0 Å². The minimum Gasteiger partial charge on any atom is -0.344 e. The van der Waals surface area contributed by atoms with Gasteiger partial charge in [-0.05, 0) is 47.3 Å². The van der Waals surface area contributed by atoms with Crippen LogP contribution in [-0.4, -0.2) is 20.7 Å². The first-order valence-electron chi connectivity index (χ1n) is 9.10. The predicted molar refractivity (Wildman–Crippen MR) is 123 cm³/mol. The minimum atomic E-state index is -0.286. The van der Waals surface area contributed by atoms with Crippen LogP contribution in [0.3, 0.4) is 0 Å². The lowest BCUT2D eigenvalue weighted by molar-refractivity contribution is 0.0953. The van der Waals surface area contributed by atoms with E-state index < -0.39 is 0 Å². The number of hydrogen-bond acceptors (Lipinski definition) is 5. The fourth-order valence-electron chi connectivity index (χ4n) is 2.79. The molecule has 0 aliphatic heterocycles. The maximum absolute atomic E-state index is 13.2. The van der Waals surface area contributed by atoms with Crippen molar-refractivity contribution < 1.29 is 9.18 Å². The second-order valence-corrected chi connectivity index (χ2v) is 9.14. The molecule has 2 heterocycles. The van der Waals surface area contributed by atoms with Crippen molar-refractivity contribution in [1.82, 2.24) is 20.1 Å². The Labute approximate surface area is 196 Å². The Hall–Kier alpha value is -2.39. The Balaban J connectivity index is 1.62. The van der Waals surface area contributed by atoms with Crippen molar-refractivity contribution in [3.63, 3.8) is 0 Å². The summed E-state index contributed by atoms with van der Waals surface area (Å²) in [6.45, 7) is 0.156. The van der Waals surface area contributed by atoms with E-state index in [9.17, 15) is 9.18 Å². The Bertz CT molecular complexity index is 1200. The van der Waals surface area contributed by atoms with Gasteiger partial charge in [-0.15, -0.1) is 21.5 Å². The van der Waals surface area contributed by atoms with Crippen molar-refractivity contribution in [3.05, 3.63) is 92.1 Å². The van der Waals surface area contributed by atoms with E-state index in [1.807, 2.05) is 11.4 Å². The van der Waals surface area contributed by atoms with Gasteiger partial charge in [0.1, 0.15) is 5.82 Å².